The molecule has 0 bridgehead atoms. The molecule has 5 rings (SSSR count). The van der Waals surface area contributed by atoms with Crippen LogP contribution in [0.3, 0.4) is 0 Å². The minimum atomic E-state index is -4.96. The maximum atomic E-state index is 14.5. The quantitative estimate of drug-likeness (QED) is 0.405. The van der Waals surface area contributed by atoms with E-state index in [1.165, 1.54) is 30.5 Å². The van der Waals surface area contributed by atoms with Gasteiger partial charge >= 0.3 is 6.18 Å². The van der Waals surface area contributed by atoms with Gasteiger partial charge in [-0.3, -0.25) is 0 Å². The van der Waals surface area contributed by atoms with E-state index in [1.807, 2.05) is 4.90 Å². The van der Waals surface area contributed by atoms with E-state index in [2.05, 4.69) is 0 Å². The monoisotopic (exact) mass is 455 g/mol. The van der Waals surface area contributed by atoms with Gasteiger partial charge in [0.2, 0.25) is 5.60 Å². The highest BCUT2D eigenvalue weighted by atomic mass is 19.4. The molecule has 0 radical (unpaired) electrons. The molecule has 170 valence electrons. The summed E-state index contributed by atoms with van der Waals surface area (Å²) in [6.45, 7) is 0.378. The molecule has 33 heavy (non-hydrogen) atoms. The molecule has 0 amide bonds. The average molecular weight is 455 g/mol. The molecule has 4 nitrogen and oxygen atoms in total. The van der Waals surface area contributed by atoms with Crippen molar-refractivity contribution in [2.24, 2.45) is 7.05 Å². The van der Waals surface area contributed by atoms with Gasteiger partial charge in [-0.25, -0.2) is 4.39 Å². The van der Waals surface area contributed by atoms with Gasteiger partial charge in [0.15, 0.2) is 0 Å². The third kappa shape index (κ3) is 3.16. The lowest BCUT2D eigenvalue weighted by molar-refractivity contribution is -0.247. The highest BCUT2D eigenvalue weighted by molar-refractivity contribution is 5.87. The molecule has 1 aliphatic heterocycles. The van der Waals surface area contributed by atoms with Crippen LogP contribution >= 0.6 is 0 Å². The Balaban J connectivity index is 1.67. The number of anilines is 3. The Morgan fingerprint density at radius 1 is 0.879 bits per heavy atom. The predicted octanol–water partition coefficient (Wildman–Crippen LogP) is 5.66. The number of hydrogen-bond donors (Lipinski definition) is 1. The zero-order valence-corrected chi connectivity index (χ0v) is 17.9. The Labute approximate surface area is 187 Å². The second-order valence-electron chi connectivity index (χ2n) is 8.33. The standard InChI is InChI=1S/C25H21F4N3O/c1-30-14-20(19-5-3-4-6-21(19)30)24(33,25(27,28)29)16-7-12-22-23(13-16)31(2)15-32(22)18-10-8-17(26)9-11-18/h3-14,33H,15H2,1-2H3. The van der Waals surface area contributed by atoms with Gasteiger partial charge in [0, 0.05) is 42.4 Å². The van der Waals surface area contributed by atoms with Gasteiger partial charge < -0.3 is 19.5 Å². The molecule has 0 aliphatic carbocycles. The van der Waals surface area contributed by atoms with Crippen molar-refractivity contribution in [2.45, 2.75) is 11.8 Å². The van der Waals surface area contributed by atoms with Gasteiger partial charge in [-0.2, -0.15) is 13.2 Å². The van der Waals surface area contributed by atoms with Crippen molar-refractivity contribution in [1.29, 1.82) is 0 Å². The maximum absolute atomic E-state index is 14.5. The van der Waals surface area contributed by atoms with Crippen molar-refractivity contribution in [1.82, 2.24) is 4.57 Å². The van der Waals surface area contributed by atoms with Gasteiger partial charge in [0.05, 0.1) is 18.0 Å². The molecule has 4 aromatic rings. The topological polar surface area (TPSA) is 31.6 Å². The van der Waals surface area contributed by atoms with Crippen LogP contribution in [0.4, 0.5) is 34.6 Å². The fraction of sp³-hybridized carbons (Fsp3) is 0.200. The highest BCUT2D eigenvalue weighted by Gasteiger charge is 2.57. The number of aromatic nitrogens is 1. The van der Waals surface area contributed by atoms with Gasteiger partial charge in [-0.15, -0.1) is 0 Å². The molecule has 1 aliphatic rings. The van der Waals surface area contributed by atoms with Gasteiger partial charge in [-0.05, 0) is 48.0 Å². The second-order valence-corrected chi connectivity index (χ2v) is 8.33. The molecule has 0 saturated carbocycles. The SMILES string of the molecule is CN1CN(c2ccc(F)cc2)c2ccc(C(O)(c3cn(C)c4ccccc34)C(F)(F)F)cc21. The highest BCUT2D eigenvalue weighted by Crippen LogP contribution is 2.50. The first-order chi connectivity index (χ1) is 15.6. The number of para-hydroxylation sites is 1. The van der Waals surface area contributed by atoms with E-state index in [4.69, 9.17) is 0 Å². The maximum Gasteiger partial charge on any atom is 0.425 e. The van der Waals surface area contributed by atoms with Crippen LogP contribution in [0.25, 0.3) is 10.9 Å². The van der Waals surface area contributed by atoms with Crippen LogP contribution in [-0.2, 0) is 12.6 Å². The normalized spacial score (nSPS) is 15.7. The molecule has 1 atom stereocenters. The largest absolute Gasteiger partial charge is 0.425 e. The zero-order valence-electron chi connectivity index (χ0n) is 17.9. The second kappa shape index (κ2) is 7.25. The molecule has 0 saturated heterocycles. The number of aryl methyl sites for hydroxylation is 1. The van der Waals surface area contributed by atoms with E-state index < -0.39 is 11.8 Å². The number of fused-ring (bicyclic) bond motifs is 2. The summed E-state index contributed by atoms with van der Waals surface area (Å²) in [5, 5.41) is 11.7. The minimum Gasteiger partial charge on any atom is -0.372 e. The predicted molar refractivity (Wildman–Crippen MR) is 120 cm³/mol. The number of hydrogen-bond acceptors (Lipinski definition) is 3. The van der Waals surface area contributed by atoms with Crippen LogP contribution in [0.5, 0.6) is 0 Å². The van der Waals surface area contributed by atoms with Crippen molar-refractivity contribution in [2.75, 3.05) is 23.5 Å². The zero-order chi connectivity index (χ0) is 23.5. The van der Waals surface area contributed by atoms with Crippen molar-refractivity contribution in [3.05, 3.63) is 89.9 Å². The Morgan fingerprint density at radius 2 is 1.58 bits per heavy atom. The van der Waals surface area contributed by atoms with Crippen molar-refractivity contribution >= 4 is 28.0 Å². The van der Waals surface area contributed by atoms with E-state index in [1.54, 1.807) is 66.0 Å². The van der Waals surface area contributed by atoms with Crippen LogP contribution in [0.15, 0.2) is 72.9 Å². The number of nitrogens with zero attached hydrogens (tertiary/aromatic N) is 3. The number of halogens is 4. The number of aliphatic hydroxyl groups is 1. The van der Waals surface area contributed by atoms with Crippen molar-refractivity contribution < 1.29 is 22.7 Å². The minimum absolute atomic E-state index is 0.218. The lowest BCUT2D eigenvalue weighted by Gasteiger charge is -2.31. The first-order valence-corrected chi connectivity index (χ1v) is 10.3. The van der Waals surface area contributed by atoms with E-state index in [0.29, 0.717) is 28.9 Å². The van der Waals surface area contributed by atoms with Crippen LogP contribution in [0.1, 0.15) is 11.1 Å². The Hall–Kier alpha value is -3.52. The smallest absolute Gasteiger partial charge is 0.372 e. The molecule has 3 aromatic carbocycles. The van der Waals surface area contributed by atoms with E-state index in [0.717, 1.165) is 5.69 Å². The van der Waals surface area contributed by atoms with Gasteiger partial charge in [-0.1, -0.05) is 24.3 Å². The summed E-state index contributed by atoms with van der Waals surface area (Å²) in [5.41, 5.74) is -1.16. The summed E-state index contributed by atoms with van der Waals surface area (Å²) >= 11 is 0. The van der Waals surface area contributed by atoms with Gasteiger partial charge in [0.1, 0.15) is 5.82 Å². The van der Waals surface area contributed by atoms with Crippen LogP contribution in [0, 0.1) is 5.82 Å². The summed E-state index contributed by atoms with van der Waals surface area (Å²) in [6, 6.07) is 16.9. The molecule has 0 fully saturated rings. The first-order valence-electron chi connectivity index (χ1n) is 10.3. The average Bonchev–Trinajstić information content (AvgIpc) is 3.30. The molecular formula is C25H21F4N3O. The number of rotatable bonds is 3. The summed E-state index contributed by atoms with van der Waals surface area (Å²) in [7, 11) is 3.41. The number of benzene rings is 3. The Morgan fingerprint density at radius 3 is 2.27 bits per heavy atom. The van der Waals surface area contributed by atoms with Crippen LogP contribution in [0.2, 0.25) is 0 Å². The molecular weight excluding hydrogens is 434 g/mol. The molecule has 1 N–H and O–H groups in total. The van der Waals surface area contributed by atoms with Crippen LogP contribution in [-0.4, -0.2) is 29.6 Å². The summed E-state index contributed by atoms with van der Waals surface area (Å²) in [4.78, 5) is 3.67. The third-order valence-corrected chi connectivity index (χ3v) is 6.28. The Bertz CT molecular complexity index is 1350. The van der Waals surface area contributed by atoms with Gasteiger partial charge in [0.25, 0.3) is 0 Å². The van der Waals surface area contributed by atoms with Crippen molar-refractivity contribution in [3.63, 3.8) is 0 Å². The summed E-state index contributed by atoms with van der Waals surface area (Å²) in [6.07, 6.45) is -3.63. The van der Waals surface area contributed by atoms with E-state index in [9.17, 15) is 22.7 Å². The molecule has 1 aromatic heterocycles. The summed E-state index contributed by atoms with van der Waals surface area (Å²) < 4.78 is 58.5. The fourth-order valence-corrected chi connectivity index (χ4v) is 4.59. The molecule has 1 unspecified atom stereocenters. The fourth-order valence-electron chi connectivity index (χ4n) is 4.59. The van der Waals surface area contributed by atoms with E-state index in [-0.39, 0.29) is 16.9 Å². The lowest BCUT2D eigenvalue weighted by Crippen LogP contribution is -2.43. The van der Waals surface area contributed by atoms with E-state index >= 15 is 0 Å². The Kier molecular flexibility index (Phi) is 4.68. The molecule has 2 heterocycles. The number of alkyl halides is 3. The first kappa shape index (κ1) is 21.3. The summed E-state index contributed by atoms with van der Waals surface area (Å²) in [5.74, 6) is -0.368. The van der Waals surface area contributed by atoms with Crippen LogP contribution < -0.4 is 9.80 Å². The van der Waals surface area contributed by atoms with Crippen molar-refractivity contribution in [3.8, 4) is 0 Å². The molecule has 0 spiro atoms. The third-order valence-electron chi connectivity index (χ3n) is 6.28. The molecule has 8 heteroatoms. The lowest BCUT2D eigenvalue weighted by atomic mass is 9.85.